The van der Waals surface area contributed by atoms with Crippen LogP contribution in [-0.4, -0.2) is 27.2 Å². The number of benzene rings is 2. The molecule has 2 aromatic heterocycles. The SMILES string of the molecule is N=C(N)c1ccc2cc(C(=O)Nc3cc(F)ccn3)n(Cc3ccc(C(N)=O)cc3)c2c1. The van der Waals surface area contributed by atoms with Gasteiger partial charge in [-0.05, 0) is 35.9 Å². The number of halogens is 1. The number of nitrogens with one attached hydrogen (secondary N) is 2. The average Bonchev–Trinajstić information content (AvgIpc) is 3.12. The molecule has 0 atom stereocenters. The summed E-state index contributed by atoms with van der Waals surface area (Å²) >= 11 is 0. The first-order chi connectivity index (χ1) is 15.3. The Morgan fingerprint density at radius 3 is 2.38 bits per heavy atom. The number of primary amides is 1. The molecule has 2 heterocycles. The quantitative estimate of drug-likeness (QED) is 0.276. The molecule has 32 heavy (non-hydrogen) atoms. The number of amidine groups is 1. The third kappa shape index (κ3) is 4.17. The van der Waals surface area contributed by atoms with Gasteiger partial charge in [0.1, 0.15) is 23.2 Å². The topological polar surface area (TPSA) is 140 Å². The Labute approximate surface area is 182 Å². The van der Waals surface area contributed by atoms with Crippen LogP contribution in [0.4, 0.5) is 10.2 Å². The molecule has 0 saturated carbocycles. The fourth-order valence-corrected chi connectivity index (χ4v) is 3.39. The molecule has 4 aromatic rings. The predicted octanol–water partition coefficient (Wildman–Crippen LogP) is 2.86. The van der Waals surface area contributed by atoms with Crippen molar-refractivity contribution in [3.05, 3.63) is 95.1 Å². The molecular formula is C23H19FN6O2. The summed E-state index contributed by atoms with van der Waals surface area (Å²) in [6.07, 6.45) is 1.26. The number of hydrogen-bond donors (Lipinski definition) is 4. The summed E-state index contributed by atoms with van der Waals surface area (Å²) in [5.74, 6) is -1.53. The van der Waals surface area contributed by atoms with Crippen molar-refractivity contribution >= 4 is 34.4 Å². The summed E-state index contributed by atoms with van der Waals surface area (Å²) in [4.78, 5) is 28.4. The van der Waals surface area contributed by atoms with E-state index in [4.69, 9.17) is 16.9 Å². The minimum absolute atomic E-state index is 0.0852. The standard InChI is InChI=1S/C23H19FN6O2/c24-17-7-8-28-20(11-17)29-23(32)19-9-15-5-6-16(21(25)26)10-18(15)30(19)12-13-1-3-14(4-2-13)22(27)31/h1-11H,12H2,(H3,25,26)(H2,27,31)(H,28,29,32). The molecule has 0 saturated heterocycles. The molecule has 160 valence electrons. The molecule has 6 N–H and O–H groups in total. The minimum Gasteiger partial charge on any atom is -0.384 e. The van der Waals surface area contributed by atoms with Crippen LogP contribution in [-0.2, 0) is 6.54 Å². The van der Waals surface area contributed by atoms with E-state index >= 15 is 0 Å². The van der Waals surface area contributed by atoms with Crippen LogP contribution in [0.2, 0.25) is 0 Å². The van der Waals surface area contributed by atoms with Crippen molar-refractivity contribution < 1.29 is 14.0 Å². The summed E-state index contributed by atoms with van der Waals surface area (Å²) in [6.45, 7) is 0.295. The number of fused-ring (bicyclic) bond motifs is 1. The molecule has 0 bridgehead atoms. The Morgan fingerprint density at radius 2 is 1.72 bits per heavy atom. The molecule has 0 aliphatic carbocycles. The highest BCUT2D eigenvalue weighted by Gasteiger charge is 2.18. The highest BCUT2D eigenvalue weighted by molar-refractivity contribution is 6.07. The molecule has 2 aromatic carbocycles. The van der Waals surface area contributed by atoms with E-state index in [0.717, 1.165) is 17.0 Å². The molecule has 0 spiro atoms. The number of nitrogens with two attached hydrogens (primary N) is 2. The van der Waals surface area contributed by atoms with Gasteiger partial charge in [-0.25, -0.2) is 9.37 Å². The number of aromatic nitrogens is 2. The maximum Gasteiger partial charge on any atom is 0.273 e. The molecule has 0 aliphatic rings. The van der Waals surface area contributed by atoms with Crippen LogP contribution in [0.1, 0.15) is 32.0 Å². The lowest BCUT2D eigenvalue weighted by atomic mass is 10.1. The van der Waals surface area contributed by atoms with Crippen LogP contribution in [0.25, 0.3) is 10.9 Å². The van der Waals surface area contributed by atoms with Gasteiger partial charge >= 0.3 is 0 Å². The number of carbonyl (C=O) groups excluding carboxylic acids is 2. The zero-order valence-corrected chi connectivity index (χ0v) is 16.8. The van der Waals surface area contributed by atoms with E-state index in [-0.39, 0.29) is 11.7 Å². The third-order valence-electron chi connectivity index (χ3n) is 4.99. The fraction of sp³-hybridized carbons (Fsp3) is 0.0435. The number of hydrogen-bond acceptors (Lipinski definition) is 4. The maximum absolute atomic E-state index is 13.5. The molecule has 8 nitrogen and oxygen atoms in total. The average molecular weight is 430 g/mol. The summed E-state index contributed by atoms with van der Waals surface area (Å²) in [7, 11) is 0. The lowest BCUT2D eigenvalue weighted by Gasteiger charge is -2.12. The number of nitrogens with zero attached hydrogens (tertiary/aromatic N) is 2. The van der Waals surface area contributed by atoms with Crippen molar-refractivity contribution in [2.24, 2.45) is 11.5 Å². The Balaban J connectivity index is 1.77. The largest absolute Gasteiger partial charge is 0.384 e. The predicted molar refractivity (Wildman–Crippen MR) is 119 cm³/mol. The van der Waals surface area contributed by atoms with E-state index in [1.807, 2.05) is 0 Å². The van der Waals surface area contributed by atoms with Gasteiger partial charge in [-0.2, -0.15) is 0 Å². The van der Waals surface area contributed by atoms with E-state index in [9.17, 15) is 14.0 Å². The van der Waals surface area contributed by atoms with Gasteiger partial charge in [0.15, 0.2) is 0 Å². The highest BCUT2D eigenvalue weighted by atomic mass is 19.1. The number of amides is 2. The van der Waals surface area contributed by atoms with Gasteiger partial charge in [-0.1, -0.05) is 24.3 Å². The maximum atomic E-state index is 13.5. The van der Waals surface area contributed by atoms with Crippen molar-refractivity contribution in [3.63, 3.8) is 0 Å². The second kappa shape index (κ2) is 8.31. The van der Waals surface area contributed by atoms with Gasteiger partial charge in [-0.15, -0.1) is 0 Å². The van der Waals surface area contributed by atoms with Crippen LogP contribution in [0.15, 0.2) is 66.9 Å². The Hall–Kier alpha value is -4.53. The second-order valence-electron chi connectivity index (χ2n) is 7.18. The molecule has 0 radical (unpaired) electrons. The number of rotatable bonds is 6. The zero-order chi connectivity index (χ0) is 22.8. The molecule has 4 rings (SSSR count). The van der Waals surface area contributed by atoms with E-state index in [0.29, 0.717) is 28.9 Å². The van der Waals surface area contributed by atoms with Crippen LogP contribution in [0.5, 0.6) is 0 Å². The van der Waals surface area contributed by atoms with Crippen molar-refractivity contribution in [2.75, 3.05) is 5.32 Å². The number of anilines is 1. The Kier molecular flexibility index (Phi) is 5.38. The number of carbonyl (C=O) groups is 2. The number of pyridine rings is 1. The molecule has 2 amide bonds. The van der Waals surface area contributed by atoms with Gasteiger partial charge in [0, 0.05) is 40.8 Å². The van der Waals surface area contributed by atoms with E-state index in [2.05, 4.69) is 10.3 Å². The van der Waals surface area contributed by atoms with Crippen LogP contribution in [0.3, 0.4) is 0 Å². The molecule has 0 fully saturated rings. The molecule has 0 unspecified atom stereocenters. The first-order valence-electron chi connectivity index (χ1n) is 9.61. The van der Waals surface area contributed by atoms with Gasteiger partial charge in [0.25, 0.3) is 5.91 Å². The summed E-state index contributed by atoms with van der Waals surface area (Å²) in [5, 5.41) is 11.1. The first-order valence-corrected chi connectivity index (χ1v) is 9.61. The van der Waals surface area contributed by atoms with Crippen LogP contribution in [0, 0.1) is 11.2 Å². The second-order valence-corrected chi connectivity index (χ2v) is 7.18. The summed E-state index contributed by atoms with van der Waals surface area (Å²) < 4.78 is 15.3. The van der Waals surface area contributed by atoms with Crippen molar-refractivity contribution in [1.82, 2.24) is 9.55 Å². The van der Waals surface area contributed by atoms with Gasteiger partial charge < -0.3 is 21.4 Å². The van der Waals surface area contributed by atoms with Gasteiger partial charge in [0.05, 0.1) is 0 Å². The lowest BCUT2D eigenvalue weighted by Crippen LogP contribution is -2.18. The Morgan fingerprint density at radius 1 is 1.00 bits per heavy atom. The smallest absolute Gasteiger partial charge is 0.273 e. The summed E-state index contributed by atoms with van der Waals surface area (Å²) in [6, 6.07) is 15.9. The lowest BCUT2D eigenvalue weighted by molar-refractivity contribution is 0.0996. The summed E-state index contributed by atoms with van der Waals surface area (Å²) in [5.41, 5.74) is 13.7. The monoisotopic (exact) mass is 430 g/mol. The Bertz CT molecular complexity index is 1360. The minimum atomic E-state index is -0.531. The van der Waals surface area contributed by atoms with E-state index in [1.165, 1.54) is 12.3 Å². The third-order valence-corrected chi connectivity index (χ3v) is 4.99. The van der Waals surface area contributed by atoms with Crippen LogP contribution >= 0.6 is 0 Å². The highest BCUT2D eigenvalue weighted by Crippen LogP contribution is 2.24. The van der Waals surface area contributed by atoms with Gasteiger partial charge in [-0.3, -0.25) is 15.0 Å². The first kappa shape index (κ1) is 20.7. The molecule has 9 heteroatoms. The van der Waals surface area contributed by atoms with Crippen molar-refractivity contribution in [3.8, 4) is 0 Å². The normalized spacial score (nSPS) is 10.8. The fourth-order valence-electron chi connectivity index (χ4n) is 3.39. The van der Waals surface area contributed by atoms with Crippen LogP contribution < -0.4 is 16.8 Å². The zero-order valence-electron chi connectivity index (χ0n) is 16.8. The van der Waals surface area contributed by atoms with E-state index < -0.39 is 17.6 Å². The van der Waals surface area contributed by atoms with E-state index in [1.54, 1.807) is 53.1 Å². The van der Waals surface area contributed by atoms with Crippen molar-refractivity contribution in [2.45, 2.75) is 6.54 Å². The molecule has 0 aliphatic heterocycles. The van der Waals surface area contributed by atoms with Gasteiger partial charge in [0.2, 0.25) is 5.91 Å². The number of nitrogen functional groups attached to an aromatic ring is 1. The molecular weight excluding hydrogens is 411 g/mol. The van der Waals surface area contributed by atoms with Crippen molar-refractivity contribution in [1.29, 1.82) is 5.41 Å².